The zero-order valence-electron chi connectivity index (χ0n) is 10.9. The van der Waals surface area contributed by atoms with Crippen molar-refractivity contribution in [2.45, 2.75) is 17.8 Å². The highest BCUT2D eigenvalue weighted by Gasteiger charge is 2.36. The van der Waals surface area contributed by atoms with Gasteiger partial charge in [-0.25, -0.2) is 0 Å². The Bertz CT molecular complexity index is 598. The number of aldehydes is 4. The van der Waals surface area contributed by atoms with E-state index in [1.54, 1.807) is 0 Å². The van der Waals surface area contributed by atoms with Crippen molar-refractivity contribution in [3.63, 3.8) is 0 Å². The number of nitrogens with zero attached hydrogens (tertiary/aromatic N) is 2. The summed E-state index contributed by atoms with van der Waals surface area (Å²) in [6.45, 7) is 0. The first-order valence-corrected chi connectivity index (χ1v) is 5.76. The third-order valence-electron chi connectivity index (χ3n) is 2.65. The first-order chi connectivity index (χ1) is 10.3. The largest absolute Gasteiger partial charge is 0.416 e. The third kappa shape index (κ3) is 3.68. The number of benzene rings is 1. The molecular weight excluding hydrogens is 305 g/mol. The fraction of sp³-hybridized carbons (Fsp3) is 0.231. The molecule has 0 saturated heterocycles. The lowest BCUT2D eigenvalue weighted by atomic mass is 9.92. The molecular formula is C13H9F3N2O4. The van der Waals surface area contributed by atoms with Gasteiger partial charge in [-0.2, -0.15) is 23.4 Å². The van der Waals surface area contributed by atoms with Gasteiger partial charge in [-0.15, -0.1) is 0 Å². The molecule has 0 aliphatic rings. The number of azo groups is 1. The molecule has 0 radical (unpaired) electrons. The molecule has 0 fully saturated rings. The second kappa shape index (κ2) is 6.83. The molecule has 0 heterocycles. The first kappa shape index (κ1) is 17.3. The van der Waals surface area contributed by atoms with Crippen LogP contribution in [0.5, 0.6) is 0 Å². The van der Waals surface area contributed by atoms with Gasteiger partial charge in [0.15, 0.2) is 31.2 Å². The summed E-state index contributed by atoms with van der Waals surface area (Å²) in [7, 11) is 0. The van der Waals surface area contributed by atoms with Crippen molar-refractivity contribution in [3.05, 3.63) is 35.4 Å². The summed E-state index contributed by atoms with van der Waals surface area (Å²) in [5.74, 6) is 0. The molecule has 1 rings (SSSR count). The molecule has 0 spiro atoms. The summed E-state index contributed by atoms with van der Waals surface area (Å²) in [6, 6.07) is 1.84. The van der Waals surface area contributed by atoms with Gasteiger partial charge in [0, 0.05) is 0 Å². The van der Waals surface area contributed by atoms with E-state index in [9.17, 15) is 32.3 Å². The smallest absolute Gasteiger partial charge is 0.300 e. The van der Waals surface area contributed by atoms with Gasteiger partial charge in [-0.05, 0) is 17.7 Å². The van der Waals surface area contributed by atoms with Gasteiger partial charge in [0.2, 0.25) is 5.54 Å². The Morgan fingerprint density at radius 2 is 1.50 bits per heavy atom. The van der Waals surface area contributed by atoms with Crippen molar-refractivity contribution in [2.75, 3.05) is 0 Å². The summed E-state index contributed by atoms with van der Waals surface area (Å²) in [5.41, 5.74) is -3.83. The summed E-state index contributed by atoms with van der Waals surface area (Å²) >= 11 is 0. The van der Waals surface area contributed by atoms with Crippen molar-refractivity contribution in [1.82, 2.24) is 0 Å². The lowest BCUT2D eigenvalue weighted by molar-refractivity contribution is -0.138. The molecule has 9 heteroatoms. The van der Waals surface area contributed by atoms with Gasteiger partial charge < -0.3 is 9.59 Å². The van der Waals surface area contributed by atoms with Gasteiger partial charge in [0.25, 0.3) is 0 Å². The van der Waals surface area contributed by atoms with E-state index >= 15 is 0 Å². The maximum Gasteiger partial charge on any atom is 0.416 e. The maximum atomic E-state index is 12.7. The standard InChI is InChI=1S/C13H9F3N2O4/c14-13(15,16)10-3-1-2-9(4-10)12(7-21,8-22)18-17-11(5-19)6-20/h1-8,11H. The lowest BCUT2D eigenvalue weighted by Gasteiger charge is -2.17. The minimum Gasteiger partial charge on any atom is -0.300 e. The number of halogens is 3. The molecule has 0 atom stereocenters. The third-order valence-corrected chi connectivity index (χ3v) is 2.65. The summed E-state index contributed by atoms with van der Waals surface area (Å²) in [5, 5.41) is 6.47. The van der Waals surface area contributed by atoms with Crippen molar-refractivity contribution in [1.29, 1.82) is 0 Å². The number of rotatable bonds is 7. The number of hydrogen-bond donors (Lipinski definition) is 0. The van der Waals surface area contributed by atoms with Crippen LogP contribution in [-0.4, -0.2) is 31.2 Å². The van der Waals surface area contributed by atoms with Crippen LogP contribution in [0.1, 0.15) is 11.1 Å². The minimum absolute atomic E-state index is 0.0222. The lowest BCUT2D eigenvalue weighted by Crippen LogP contribution is -2.28. The predicted molar refractivity (Wildman–Crippen MR) is 66.0 cm³/mol. The average Bonchev–Trinajstić information content (AvgIpc) is 2.52. The second-order valence-corrected chi connectivity index (χ2v) is 4.12. The number of hydrogen-bond acceptors (Lipinski definition) is 6. The SMILES string of the molecule is O=CC(C=O)N=NC(C=O)(C=O)c1cccc(C(F)(F)F)c1. The quantitative estimate of drug-likeness (QED) is 0.433. The normalized spacial score (nSPS) is 12.4. The average molecular weight is 314 g/mol. The number of carbonyl (C=O) groups is 4. The zero-order chi connectivity index (χ0) is 16.8. The van der Waals surface area contributed by atoms with Crippen LogP contribution < -0.4 is 0 Å². The molecule has 0 aliphatic carbocycles. The fourth-order valence-corrected chi connectivity index (χ4v) is 1.46. The zero-order valence-corrected chi connectivity index (χ0v) is 10.9. The fourth-order valence-electron chi connectivity index (χ4n) is 1.46. The summed E-state index contributed by atoms with van der Waals surface area (Å²) < 4.78 is 38.0. The molecule has 116 valence electrons. The molecule has 6 nitrogen and oxygen atoms in total. The topological polar surface area (TPSA) is 93.0 Å². The Labute approximate surface area is 122 Å². The molecule has 22 heavy (non-hydrogen) atoms. The van der Waals surface area contributed by atoms with E-state index in [2.05, 4.69) is 10.2 Å². The highest BCUT2D eigenvalue weighted by molar-refractivity contribution is 5.91. The molecule has 0 unspecified atom stereocenters. The first-order valence-electron chi connectivity index (χ1n) is 5.76. The van der Waals surface area contributed by atoms with E-state index in [1.807, 2.05) is 0 Å². The van der Waals surface area contributed by atoms with E-state index in [0.717, 1.165) is 18.2 Å². The van der Waals surface area contributed by atoms with Crippen LogP contribution in [0.2, 0.25) is 0 Å². The van der Waals surface area contributed by atoms with Crippen molar-refractivity contribution >= 4 is 25.1 Å². The molecule has 0 amide bonds. The molecule has 0 aliphatic heterocycles. The van der Waals surface area contributed by atoms with Crippen molar-refractivity contribution < 1.29 is 32.3 Å². The Balaban J connectivity index is 3.37. The molecule has 0 saturated carbocycles. The molecule has 0 aromatic heterocycles. The minimum atomic E-state index is -4.68. The summed E-state index contributed by atoms with van der Waals surface area (Å²) in [4.78, 5) is 43.2. The van der Waals surface area contributed by atoms with E-state index in [4.69, 9.17) is 0 Å². The summed E-state index contributed by atoms with van der Waals surface area (Å²) in [6.07, 6.45) is -4.53. The Morgan fingerprint density at radius 1 is 0.955 bits per heavy atom. The van der Waals surface area contributed by atoms with Crippen molar-refractivity contribution in [2.24, 2.45) is 10.2 Å². The predicted octanol–water partition coefficient (Wildman–Crippen LogP) is 1.52. The van der Waals surface area contributed by atoms with Crippen LogP contribution in [-0.2, 0) is 30.9 Å². The second-order valence-electron chi connectivity index (χ2n) is 4.12. The van der Waals surface area contributed by atoms with E-state index < -0.39 is 23.3 Å². The van der Waals surface area contributed by atoms with Crippen molar-refractivity contribution in [3.8, 4) is 0 Å². The van der Waals surface area contributed by atoms with E-state index in [0.29, 0.717) is 6.07 Å². The molecule has 0 bridgehead atoms. The maximum absolute atomic E-state index is 12.7. The van der Waals surface area contributed by atoms with Gasteiger partial charge in [-0.1, -0.05) is 12.1 Å². The number of alkyl halides is 3. The van der Waals surface area contributed by atoms with Crippen LogP contribution in [0.4, 0.5) is 13.2 Å². The Morgan fingerprint density at radius 3 is 1.95 bits per heavy atom. The van der Waals surface area contributed by atoms with Gasteiger partial charge in [0.05, 0.1) is 5.56 Å². The van der Waals surface area contributed by atoms with Crippen LogP contribution in [0.3, 0.4) is 0 Å². The highest BCUT2D eigenvalue weighted by atomic mass is 19.4. The Hall–Kier alpha value is -2.71. The van der Waals surface area contributed by atoms with Crippen LogP contribution in [0.15, 0.2) is 34.5 Å². The van der Waals surface area contributed by atoms with Crippen LogP contribution >= 0.6 is 0 Å². The van der Waals surface area contributed by atoms with Crippen LogP contribution in [0, 0.1) is 0 Å². The molecule has 1 aromatic rings. The van der Waals surface area contributed by atoms with Gasteiger partial charge in [0.1, 0.15) is 0 Å². The van der Waals surface area contributed by atoms with E-state index in [-0.39, 0.29) is 30.7 Å². The molecule has 0 N–H and O–H groups in total. The monoisotopic (exact) mass is 314 g/mol. The Kier molecular flexibility index (Phi) is 5.39. The molecule has 1 aromatic carbocycles. The van der Waals surface area contributed by atoms with Gasteiger partial charge in [-0.3, -0.25) is 9.59 Å². The number of carbonyl (C=O) groups excluding carboxylic acids is 4. The highest BCUT2D eigenvalue weighted by Crippen LogP contribution is 2.32. The van der Waals surface area contributed by atoms with E-state index in [1.165, 1.54) is 0 Å². The van der Waals surface area contributed by atoms with Gasteiger partial charge >= 0.3 is 6.18 Å². The van der Waals surface area contributed by atoms with Crippen LogP contribution in [0.25, 0.3) is 0 Å².